The third kappa shape index (κ3) is 2.02. The third-order valence-corrected chi connectivity index (χ3v) is 2.84. The minimum Gasteiger partial charge on any atom is -0.256 e. The Morgan fingerprint density at radius 1 is 1.13 bits per heavy atom. The van der Waals surface area contributed by atoms with E-state index in [0.717, 1.165) is 16.3 Å². The Balaban J connectivity index is 2.59. The van der Waals surface area contributed by atoms with Crippen molar-refractivity contribution in [1.29, 1.82) is 0 Å². The summed E-state index contributed by atoms with van der Waals surface area (Å²) < 4.78 is 0. The molecule has 1 aromatic carbocycles. The number of hydrogen-bond donors (Lipinski definition) is 0. The van der Waals surface area contributed by atoms with E-state index < -0.39 is 0 Å². The van der Waals surface area contributed by atoms with Crippen LogP contribution in [0.4, 0.5) is 0 Å². The second kappa shape index (κ2) is 4.03. The first kappa shape index (κ1) is 10.2. The molecule has 2 heteroatoms. The highest BCUT2D eigenvalue weighted by Gasteiger charge is 2.04. The fraction of sp³-hybridized carbons (Fsp3) is 0.154. The normalized spacial score (nSPS) is 10.3. The van der Waals surface area contributed by atoms with Gasteiger partial charge in [-0.15, -0.1) is 0 Å². The Labute approximate surface area is 94.7 Å². The van der Waals surface area contributed by atoms with Gasteiger partial charge in [0.25, 0.3) is 0 Å². The zero-order valence-electron chi connectivity index (χ0n) is 8.79. The second-order valence-corrected chi connectivity index (χ2v) is 4.04. The Morgan fingerprint density at radius 3 is 2.67 bits per heavy atom. The first-order valence-electron chi connectivity index (χ1n) is 4.86. The van der Waals surface area contributed by atoms with Crippen LogP contribution in [0.1, 0.15) is 11.1 Å². The van der Waals surface area contributed by atoms with Gasteiger partial charge in [-0.25, -0.2) is 0 Å². The van der Waals surface area contributed by atoms with E-state index in [9.17, 15) is 0 Å². The van der Waals surface area contributed by atoms with Gasteiger partial charge in [0.2, 0.25) is 0 Å². The molecule has 0 unspecified atom stereocenters. The molecule has 0 bridgehead atoms. The first-order chi connectivity index (χ1) is 7.18. The Hall–Kier alpha value is -1.34. The molecule has 0 aliphatic carbocycles. The smallest absolute Gasteiger partial charge is 0.0719 e. The molecule has 0 fully saturated rings. The topological polar surface area (TPSA) is 12.9 Å². The van der Waals surface area contributed by atoms with E-state index >= 15 is 0 Å². The lowest BCUT2D eigenvalue weighted by molar-refractivity contribution is 1.28. The fourth-order valence-electron chi connectivity index (χ4n) is 1.58. The van der Waals surface area contributed by atoms with Gasteiger partial charge in [-0.05, 0) is 37.1 Å². The van der Waals surface area contributed by atoms with Gasteiger partial charge in [0.05, 0.1) is 5.69 Å². The molecule has 1 nitrogen and oxygen atoms in total. The van der Waals surface area contributed by atoms with E-state index in [4.69, 9.17) is 11.6 Å². The maximum absolute atomic E-state index is 5.95. The van der Waals surface area contributed by atoms with E-state index in [1.54, 1.807) is 12.3 Å². The summed E-state index contributed by atoms with van der Waals surface area (Å²) in [6, 6.07) is 9.89. The lowest BCUT2D eigenvalue weighted by atomic mass is 10.0. The van der Waals surface area contributed by atoms with Crippen LogP contribution in [0.3, 0.4) is 0 Å². The molecule has 0 N–H and O–H groups in total. The zero-order valence-corrected chi connectivity index (χ0v) is 9.55. The van der Waals surface area contributed by atoms with Gasteiger partial charge in [0.1, 0.15) is 0 Å². The van der Waals surface area contributed by atoms with Crippen LogP contribution < -0.4 is 0 Å². The molecule has 15 heavy (non-hydrogen) atoms. The van der Waals surface area contributed by atoms with E-state index in [1.807, 2.05) is 12.1 Å². The summed E-state index contributed by atoms with van der Waals surface area (Å²) in [6.45, 7) is 4.20. The molecule has 0 saturated heterocycles. The largest absolute Gasteiger partial charge is 0.256 e. The van der Waals surface area contributed by atoms with Gasteiger partial charge < -0.3 is 0 Å². The first-order valence-corrected chi connectivity index (χ1v) is 5.24. The summed E-state index contributed by atoms with van der Waals surface area (Å²) >= 11 is 5.95. The monoisotopic (exact) mass is 217 g/mol. The third-order valence-electron chi connectivity index (χ3n) is 2.60. The van der Waals surface area contributed by atoms with Crippen LogP contribution in [0, 0.1) is 13.8 Å². The summed E-state index contributed by atoms with van der Waals surface area (Å²) in [4.78, 5) is 4.33. The van der Waals surface area contributed by atoms with Gasteiger partial charge in [0.15, 0.2) is 0 Å². The molecule has 2 aromatic rings. The molecule has 76 valence electrons. The van der Waals surface area contributed by atoms with Crippen molar-refractivity contribution in [2.75, 3.05) is 0 Å². The van der Waals surface area contributed by atoms with Crippen LogP contribution in [-0.2, 0) is 0 Å². The molecule has 1 aromatic heterocycles. The standard InChI is InChI=1S/C13H12ClN/c1-9-4-3-5-12(10(9)2)13-8-11(14)6-7-15-13/h3-8H,1-2H3. The average Bonchev–Trinajstić information content (AvgIpc) is 2.22. The summed E-state index contributed by atoms with van der Waals surface area (Å²) in [7, 11) is 0. The van der Waals surface area contributed by atoms with E-state index in [2.05, 4.69) is 31.0 Å². The highest BCUT2D eigenvalue weighted by atomic mass is 35.5. The van der Waals surface area contributed by atoms with Crippen molar-refractivity contribution in [2.24, 2.45) is 0 Å². The van der Waals surface area contributed by atoms with E-state index in [-0.39, 0.29) is 0 Å². The Bertz CT molecular complexity index is 492. The number of benzene rings is 1. The molecule has 2 rings (SSSR count). The van der Waals surface area contributed by atoms with E-state index in [0.29, 0.717) is 0 Å². The molecule has 0 spiro atoms. The number of aryl methyl sites for hydroxylation is 1. The molecule has 0 aliphatic heterocycles. The van der Waals surface area contributed by atoms with E-state index in [1.165, 1.54) is 11.1 Å². The van der Waals surface area contributed by atoms with Crippen LogP contribution in [0.2, 0.25) is 5.02 Å². The molecule has 1 heterocycles. The lowest BCUT2D eigenvalue weighted by Crippen LogP contribution is -1.89. The van der Waals surface area contributed by atoms with Crippen LogP contribution in [0.25, 0.3) is 11.3 Å². The number of halogens is 1. The molecule has 0 radical (unpaired) electrons. The zero-order chi connectivity index (χ0) is 10.8. The van der Waals surface area contributed by atoms with Crippen molar-refractivity contribution >= 4 is 11.6 Å². The number of hydrogen-bond acceptors (Lipinski definition) is 1. The second-order valence-electron chi connectivity index (χ2n) is 3.61. The van der Waals surface area contributed by atoms with Gasteiger partial charge in [-0.1, -0.05) is 29.8 Å². The summed E-state index contributed by atoms with van der Waals surface area (Å²) in [6.07, 6.45) is 1.74. The van der Waals surface area contributed by atoms with Crippen molar-refractivity contribution in [3.05, 3.63) is 52.7 Å². The molecular formula is C13H12ClN. The van der Waals surface area contributed by atoms with Crippen molar-refractivity contribution < 1.29 is 0 Å². The minimum atomic E-state index is 0.723. The number of rotatable bonds is 1. The molecule has 0 aliphatic rings. The minimum absolute atomic E-state index is 0.723. The summed E-state index contributed by atoms with van der Waals surface area (Å²) in [5, 5.41) is 0.723. The molecule has 0 amide bonds. The lowest BCUT2D eigenvalue weighted by Gasteiger charge is -2.07. The van der Waals surface area contributed by atoms with Gasteiger partial charge in [-0.2, -0.15) is 0 Å². The molecular weight excluding hydrogens is 206 g/mol. The fourth-order valence-corrected chi connectivity index (χ4v) is 1.74. The van der Waals surface area contributed by atoms with Crippen molar-refractivity contribution in [1.82, 2.24) is 4.98 Å². The van der Waals surface area contributed by atoms with Gasteiger partial charge in [0, 0.05) is 16.8 Å². The van der Waals surface area contributed by atoms with Crippen LogP contribution in [0.5, 0.6) is 0 Å². The highest BCUT2D eigenvalue weighted by molar-refractivity contribution is 6.30. The molecule has 0 atom stereocenters. The van der Waals surface area contributed by atoms with Gasteiger partial charge in [-0.3, -0.25) is 4.98 Å². The Morgan fingerprint density at radius 2 is 1.93 bits per heavy atom. The summed E-state index contributed by atoms with van der Waals surface area (Å²) in [5.41, 5.74) is 4.61. The van der Waals surface area contributed by atoms with Crippen LogP contribution in [-0.4, -0.2) is 4.98 Å². The molecule has 0 saturated carbocycles. The maximum atomic E-state index is 5.95. The van der Waals surface area contributed by atoms with Crippen LogP contribution in [0.15, 0.2) is 36.5 Å². The Kier molecular flexibility index (Phi) is 2.74. The number of nitrogens with zero attached hydrogens (tertiary/aromatic N) is 1. The van der Waals surface area contributed by atoms with Crippen molar-refractivity contribution in [2.45, 2.75) is 13.8 Å². The predicted molar refractivity (Wildman–Crippen MR) is 64.2 cm³/mol. The SMILES string of the molecule is Cc1cccc(-c2cc(Cl)ccn2)c1C. The predicted octanol–water partition coefficient (Wildman–Crippen LogP) is 4.02. The summed E-state index contributed by atoms with van der Waals surface area (Å²) in [5.74, 6) is 0. The average molecular weight is 218 g/mol. The van der Waals surface area contributed by atoms with Crippen LogP contribution >= 0.6 is 11.6 Å². The quantitative estimate of drug-likeness (QED) is 0.703. The highest BCUT2D eigenvalue weighted by Crippen LogP contribution is 2.25. The number of pyridine rings is 1. The van der Waals surface area contributed by atoms with Crippen molar-refractivity contribution in [3.8, 4) is 11.3 Å². The maximum Gasteiger partial charge on any atom is 0.0719 e. The number of aromatic nitrogens is 1. The van der Waals surface area contributed by atoms with Gasteiger partial charge >= 0.3 is 0 Å². The van der Waals surface area contributed by atoms with Crippen molar-refractivity contribution in [3.63, 3.8) is 0 Å².